The lowest BCUT2D eigenvalue weighted by Crippen LogP contribution is -2.34. The standard InChI is InChI=1S/C16H25N3O2/c1-12-9-14(16(17)18-20)3-4-15(12)10-19-7-5-13(6-8-19)11-21-2/h3-4,9,13,20H,5-8,10-11H2,1-2H3,(H2,17,18). The van der Waals surface area contributed by atoms with Crippen LogP contribution in [-0.4, -0.2) is 42.7 Å². The highest BCUT2D eigenvalue weighted by Crippen LogP contribution is 2.20. The molecule has 1 aromatic carbocycles. The number of benzene rings is 1. The molecule has 0 bridgehead atoms. The van der Waals surface area contributed by atoms with E-state index in [1.807, 2.05) is 12.1 Å². The van der Waals surface area contributed by atoms with Gasteiger partial charge in [0.15, 0.2) is 5.84 Å². The molecule has 5 nitrogen and oxygen atoms in total. The number of aryl methyl sites for hydroxylation is 1. The molecule has 0 spiro atoms. The fourth-order valence-electron chi connectivity index (χ4n) is 2.88. The van der Waals surface area contributed by atoms with E-state index in [-0.39, 0.29) is 5.84 Å². The van der Waals surface area contributed by atoms with E-state index in [0.717, 1.165) is 31.8 Å². The molecule has 2 rings (SSSR count). The summed E-state index contributed by atoms with van der Waals surface area (Å²) in [6.45, 7) is 6.15. The molecule has 1 fully saturated rings. The summed E-state index contributed by atoms with van der Waals surface area (Å²) in [6, 6.07) is 5.96. The first-order chi connectivity index (χ1) is 10.1. The third-order valence-corrected chi connectivity index (χ3v) is 4.25. The van der Waals surface area contributed by atoms with Crippen molar-refractivity contribution in [2.45, 2.75) is 26.3 Å². The molecule has 1 aromatic rings. The summed E-state index contributed by atoms with van der Waals surface area (Å²) in [5.41, 5.74) is 8.86. The van der Waals surface area contributed by atoms with Crippen molar-refractivity contribution < 1.29 is 9.94 Å². The molecular formula is C16H25N3O2. The smallest absolute Gasteiger partial charge is 0.170 e. The molecule has 116 valence electrons. The van der Waals surface area contributed by atoms with Gasteiger partial charge >= 0.3 is 0 Å². The first kappa shape index (κ1) is 15.8. The van der Waals surface area contributed by atoms with E-state index >= 15 is 0 Å². The number of likely N-dealkylation sites (tertiary alicyclic amines) is 1. The summed E-state index contributed by atoms with van der Waals surface area (Å²) in [5.74, 6) is 0.861. The van der Waals surface area contributed by atoms with E-state index in [9.17, 15) is 0 Å². The molecule has 0 aromatic heterocycles. The van der Waals surface area contributed by atoms with Crippen molar-refractivity contribution in [2.75, 3.05) is 26.8 Å². The van der Waals surface area contributed by atoms with Crippen molar-refractivity contribution in [2.24, 2.45) is 16.8 Å². The Labute approximate surface area is 126 Å². The number of hydrogen-bond acceptors (Lipinski definition) is 4. The minimum atomic E-state index is 0.157. The van der Waals surface area contributed by atoms with Crippen molar-refractivity contribution in [3.63, 3.8) is 0 Å². The van der Waals surface area contributed by atoms with Crippen LogP contribution in [0.4, 0.5) is 0 Å². The molecule has 1 aliphatic heterocycles. The Morgan fingerprint density at radius 1 is 1.43 bits per heavy atom. The summed E-state index contributed by atoms with van der Waals surface area (Å²) >= 11 is 0. The molecular weight excluding hydrogens is 266 g/mol. The summed E-state index contributed by atoms with van der Waals surface area (Å²) < 4.78 is 5.24. The normalized spacial score (nSPS) is 18.1. The molecule has 1 saturated heterocycles. The Balaban J connectivity index is 1.95. The van der Waals surface area contributed by atoms with Crippen LogP contribution in [0.25, 0.3) is 0 Å². The fourth-order valence-corrected chi connectivity index (χ4v) is 2.88. The fraction of sp³-hybridized carbons (Fsp3) is 0.562. The lowest BCUT2D eigenvalue weighted by atomic mass is 9.96. The largest absolute Gasteiger partial charge is 0.409 e. The summed E-state index contributed by atoms with van der Waals surface area (Å²) in [7, 11) is 1.78. The predicted octanol–water partition coefficient (Wildman–Crippen LogP) is 1.95. The lowest BCUT2D eigenvalue weighted by Gasteiger charge is -2.32. The molecule has 0 atom stereocenters. The van der Waals surface area contributed by atoms with Crippen molar-refractivity contribution in [3.8, 4) is 0 Å². The third kappa shape index (κ3) is 4.19. The molecule has 0 radical (unpaired) electrons. The van der Waals surface area contributed by atoms with Crippen molar-refractivity contribution in [1.29, 1.82) is 0 Å². The van der Waals surface area contributed by atoms with Crippen molar-refractivity contribution >= 4 is 5.84 Å². The molecule has 0 saturated carbocycles. The van der Waals surface area contributed by atoms with E-state index in [0.29, 0.717) is 5.92 Å². The first-order valence-electron chi connectivity index (χ1n) is 7.42. The average Bonchev–Trinajstić information content (AvgIpc) is 2.50. The van der Waals surface area contributed by atoms with E-state index in [1.165, 1.54) is 24.0 Å². The highest BCUT2D eigenvalue weighted by molar-refractivity contribution is 5.97. The zero-order valence-electron chi connectivity index (χ0n) is 12.9. The van der Waals surface area contributed by atoms with Crippen molar-refractivity contribution in [3.05, 3.63) is 34.9 Å². The van der Waals surface area contributed by atoms with Crippen LogP contribution in [0.5, 0.6) is 0 Å². The zero-order chi connectivity index (χ0) is 15.2. The maximum absolute atomic E-state index is 8.72. The zero-order valence-corrected chi connectivity index (χ0v) is 12.9. The maximum atomic E-state index is 8.72. The number of oxime groups is 1. The molecule has 1 aliphatic rings. The van der Waals surface area contributed by atoms with Crippen LogP contribution in [0.2, 0.25) is 0 Å². The molecule has 0 amide bonds. The highest BCUT2D eigenvalue weighted by Gasteiger charge is 2.19. The second-order valence-corrected chi connectivity index (χ2v) is 5.80. The number of nitrogens with zero attached hydrogens (tertiary/aromatic N) is 2. The van der Waals surface area contributed by atoms with E-state index in [2.05, 4.69) is 23.0 Å². The Hall–Kier alpha value is -1.59. The van der Waals surface area contributed by atoms with Gasteiger partial charge in [0.05, 0.1) is 0 Å². The lowest BCUT2D eigenvalue weighted by molar-refractivity contribution is 0.0967. The molecule has 0 unspecified atom stereocenters. The number of methoxy groups -OCH3 is 1. The van der Waals surface area contributed by atoms with Crippen LogP contribution in [0, 0.1) is 12.8 Å². The topological polar surface area (TPSA) is 71.1 Å². The van der Waals surface area contributed by atoms with E-state index < -0.39 is 0 Å². The van der Waals surface area contributed by atoms with Crippen molar-refractivity contribution in [1.82, 2.24) is 4.90 Å². The Bertz CT molecular complexity index is 494. The van der Waals surface area contributed by atoms with Gasteiger partial charge in [-0.1, -0.05) is 17.3 Å². The minimum Gasteiger partial charge on any atom is -0.409 e. The van der Waals surface area contributed by atoms with Gasteiger partial charge in [-0.3, -0.25) is 4.90 Å². The molecule has 5 heteroatoms. The van der Waals surface area contributed by atoms with Crippen LogP contribution in [0.1, 0.15) is 29.5 Å². The van der Waals surface area contributed by atoms with Crippen LogP contribution in [0.3, 0.4) is 0 Å². The predicted molar refractivity (Wildman–Crippen MR) is 83.6 cm³/mol. The number of amidine groups is 1. The van der Waals surface area contributed by atoms with Gasteiger partial charge in [0.2, 0.25) is 0 Å². The average molecular weight is 291 g/mol. The molecule has 1 heterocycles. The van der Waals surface area contributed by atoms with Gasteiger partial charge in [-0.15, -0.1) is 0 Å². The van der Waals surface area contributed by atoms with Crippen LogP contribution in [0.15, 0.2) is 23.4 Å². The van der Waals surface area contributed by atoms with Crippen LogP contribution >= 0.6 is 0 Å². The second-order valence-electron chi connectivity index (χ2n) is 5.80. The minimum absolute atomic E-state index is 0.157. The van der Waals surface area contributed by atoms with Gasteiger partial charge in [-0.05, 0) is 56.0 Å². The molecule has 21 heavy (non-hydrogen) atoms. The Morgan fingerprint density at radius 3 is 2.71 bits per heavy atom. The Morgan fingerprint density at radius 2 is 2.14 bits per heavy atom. The second kappa shape index (κ2) is 7.43. The number of piperidine rings is 1. The summed E-state index contributed by atoms with van der Waals surface area (Å²) in [6.07, 6.45) is 2.41. The highest BCUT2D eigenvalue weighted by atomic mass is 16.5. The SMILES string of the molecule is COCC1CCN(Cc2ccc(/C(N)=N/O)cc2C)CC1. The first-order valence-corrected chi connectivity index (χ1v) is 7.42. The molecule has 3 N–H and O–H groups in total. The molecule has 0 aliphatic carbocycles. The summed E-state index contributed by atoms with van der Waals surface area (Å²) in [5, 5.41) is 11.8. The maximum Gasteiger partial charge on any atom is 0.170 e. The Kier molecular flexibility index (Phi) is 5.59. The van der Waals surface area contributed by atoms with Gasteiger partial charge in [0.1, 0.15) is 0 Å². The quantitative estimate of drug-likeness (QED) is 0.376. The van der Waals surface area contributed by atoms with Gasteiger partial charge in [-0.25, -0.2) is 0 Å². The third-order valence-electron chi connectivity index (χ3n) is 4.25. The van der Waals surface area contributed by atoms with Crippen LogP contribution in [-0.2, 0) is 11.3 Å². The van der Waals surface area contributed by atoms with Gasteiger partial charge in [0, 0.05) is 25.8 Å². The van der Waals surface area contributed by atoms with Gasteiger partial charge in [-0.2, -0.15) is 0 Å². The van der Waals surface area contributed by atoms with Gasteiger partial charge in [0.25, 0.3) is 0 Å². The summed E-state index contributed by atoms with van der Waals surface area (Å²) in [4.78, 5) is 2.48. The van der Waals surface area contributed by atoms with E-state index in [1.54, 1.807) is 7.11 Å². The monoisotopic (exact) mass is 291 g/mol. The number of hydrogen-bond donors (Lipinski definition) is 2. The van der Waals surface area contributed by atoms with E-state index in [4.69, 9.17) is 15.7 Å². The number of nitrogens with two attached hydrogens (primary N) is 1. The number of rotatable bonds is 5. The number of ether oxygens (including phenoxy) is 1. The van der Waals surface area contributed by atoms with Gasteiger partial charge < -0.3 is 15.7 Å². The van der Waals surface area contributed by atoms with Crippen LogP contribution < -0.4 is 5.73 Å².